The maximum atomic E-state index is 13.1. The van der Waals surface area contributed by atoms with Gasteiger partial charge in [0.1, 0.15) is 12.4 Å². The van der Waals surface area contributed by atoms with E-state index in [1.165, 1.54) is 23.9 Å². The van der Waals surface area contributed by atoms with Crippen LogP contribution in [0, 0.1) is 24.0 Å². The minimum absolute atomic E-state index is 0.0366. The number of carbonyl (C=O) groups is 1. The number of hydrogen-bond acceptors (Lipinski definition) is 6. The first kappa shape index (κ1) is 24.2. The summed E-state index contributed by atoms with van der Waals surface area (Å²) in [4.78, 5) is 30.7. The summed E-state index contributed by atoms with van der Waals surface area (Å²) in [5.74, 6) is 0.530. The van der Waals surface area contributed by atoms with Gasteiger partial charge in [-0.15, -0.1) is 0 Å². The fourth-order valence-electron chi connectivity index (χ4n) is 3.70. The SMILES string of the molecule is CCN1C(=O)/C(=C\c2ccccc2OCc2ccc([N+](=O)[O-])cc2)SC1=Nc1c(C)cccc1C. The molecule has 3 aromatic carbocycles. The van der Waals surface area contributed by atoms with E-state index in [1.54, 1.807) is 17.0 Å². The van der Waals surface area contributed by atoms with E-state index < -0.39 is 4.92 Å². The number of ether oxygens (including phenoxy) is 1. The lowest BCUT2D eigenvalue weighted by atomic mass is 10.1. The Kier molecular flexibility index (Phi) is 7.31. The Labute approximate surface area is 208 Å². The molecule has 3 aromatic rings. The monoisotopic (exact) mass is 487 g/mol. The van der Waals surface area contributed by atoms with Crippen molar-refractivity contribution in [1.29, 1.82) is 0 Å². The Morgan fingerprint density at radius 3 is 2.37 bits per heavy atom. The molecule has 0 N–H and O–H groups in total. The van der Waals surface area contributed by atoms with E-state index in [0.717, 1.165) is 27.9 Å². The van der Waals surface area contributed by atoms with Crippen LogP contribution in [0.3, 0.4) is 0 Å². The average Bonchev–Trinajstić information content (AvgIpc) is 3.14. The number of thioether (sulfide) groups is 1. The van der Waals surface area contributed by atoms with Crippen LogP contribution in [-0.2, 0) is 11.4 Å². The molecule has 0 radical (unpaired) electrons. The van der Waals surface area contributed by atoms with E-state index in [0.29, 0.717) is 22.4 Å². The highest BCUT2D eigenvalue weighted by Gasteiger charge is 2.32. The Morgan fingerprint density at radius 2 is 1.71 bits per heavy atom. The number of hydrogen-bond donors (Lipinski definition) is 0. The van der Waals surface area contributed by atoms with E-state index in [1.807, 2.05) is 69.3 Å². The van der Waals surface area contributed by atoms with Gasteiger partial charge >= 0.3 is 0 Å². The van der Waals surface area contributed by atoms with E-state index in [2.05, 4.69) is 0 Å². The third-order valence-corrected chi connectivity index (χ3v) is 6.60. The van der Waals surface area contributed by atoms with Gasteiger partial charge in [-0.3, -0.25) is 19.8 Å². The molecule has 4 rings (SSSR count). The molecule has 1 amide bonds. The zero-order chi connectivity index (χ0) is 24.9. The third-order valence-electron chi connectivity index (χ3n) is 5.60. The summed E-state index contributed by atoms with van der Waals surface area (Å²) < 4.78 is 6.00. The van der Waals surface area contributed by atoms with Crippen LogP contribution in [0.5, 0.6) is 5.75 Å². The largest absolute Gasteiger partial charge is 0.488 e. The fourth-order valence-corrected chi connectivity index (χ4v) is 4.73. The first-order valence-corrected chi connectivity index (χ1v) is 12.0. The van der Waals surface area contributed by atoms with Crippen LogP contribution < -0.4 is 4.74 Å². The van der Waals surface area contributed by atoms with E-state index in [-0.39, 0.29) is 18.2 Å². The predicted molar refractivity (Wildman–Crippen MR) is 140 cm³/mol. The topological polar surface area (TPSA) is 85.0 Å². The standard InChI is InChI=1S/C27H25N3O4S/c1-4-29-26(31)24(35-27(29)28-25-18(2)8-7-9-19(25)3)16-21-10-5-6-11-23(21)34-17-20-12-14-22(15-13-20)30(32)33/h5-16H,4,17H2,1-3H3/b24-16+,28-27?. The Balaban J connectivity index is 1.58. The maximum absolute atomic E-state index is 13.1. The third kappa shape index (κ3) is 5.44. The number of non-ortho nitro benzene ring substituents is 1. The van der Waals surface area contributed by atoms with Gasteiger partial charge in [0.05, 0.1) is 15.5 Å². The van der Waals surface area contributed by atoms with Gasteiger partial charge < -0.3 is 4.74 Å². The molecule has 1 aliphatic rings. The molecular formula is C27H25N3O4S. The van der Waals surface area contributed by atoms with Gasteiger partial charge in [0.15, 0.2) is 5.17 Å². The molecule has 0 saturated carbocycles. The summed E-state index contributed by atoms with van der Waals surface area (Å²) in [6.07, 6.45) is 1.83. The summed E-state index contributed by atoms with van der Waals surface area (Å²) in [5.41, 5.74) is 4.62. The molecule has 0 spiro atoms. The van der Waals surface area contributed by atoms with Crippen molar-refractivity contribution in [2.75, 3.05) is 6.54 Å². The summed E-state index contributed by atoms with van der Waals surface area (Å²) >= 11 is 1.35. The van der Waals surface area contributed by atoms with Crippen LogP contribution in [-0.4, -0.2) is 27.4 Å². The molecule has 1 heterocycles. The molecule has 35 heavy (non-hydrogen) atoms. The van der Waals surface area contributed by atoms with Crippen molar-refractivity contribution in [3.63, 3.8) is 0 Å². The highest BCUT2D eigenvalue weighted by molar-refractivity contribution is 8.18. The molecule has 0 atom stereocenters. The number of rotatable bonds is 7. The van der Waals surface area contributed by atoms with Crippen molar-refractivity contribution >= 4 is 40.3 Å². The first-order valence-electron chi connectivity index (χ1n) is 11.2. The molecule has 1 fully saturated rings. The zero-order valence-corrected chi connectivity index (χ0v) is 20.5. The molecule has 0 bridgehead atoms. The number of amides is 1. The van der Waals surface area contributed by atoms with Crippen LogP contribution in [0.25, 0.3) is 6.08 Å². The normalized spacial score (nSPS) is 15.7. The summed E-state index contributed by atoms with van der Waals surface area (Å²) in [7, 11) is 0. The summed E-state index contributed by atoms with van der Waals surface area (Å²) in [5, 5.41) is 11.5. The van der Waals surface area contributed by atoms with Crippen LogP contribution >= 0.6 is 11.8 Å². The number of nitro benzene ring substituents is 1. The summed E-state index contributed by atoms with van der Waals surface area (Å²) in [6, 6.07) is 19.8. The second kappa shape index (κ2) is 10.6. The van der Waals surface area contributed by atoms with E-state index in [4.69, 9.17) is 9.73 Å². The molecule has 1 saturated heterocycles. The number of amidine groups is 1. The van der Waals surface area contributed by atoms with E-state index >= 15 is 0 Å². The maximum Gasteiger partial charge on any atom is 0.269 e. The number of nitro groups is 1. The van der Waals surface area contributed by atoms with Crippen LogP contribution in [0.2, 0.25) is 0 Å². The molecule has 8 heteroatoms. The van der Waals surface area contributed by atoms with Gasteiger partial charge in [-0.2, -0.15) is 0 Å². The minimum Gasteiger partial charge on any atom is -0.488 e. The first-order chi connectivity index (χ1) is 16.9. The molecule has 0 unspecified atom stereocenters. The lowest BCUT2D eigenvalue weighted by Crippen LogP contribution is -2.28. The predicted octanol–water partition coefficient (Wildman–Crippen LogP) is 6.41. The average molecular weight is 488 g/mol. The number of nitrogens with zero attached hydrogens (tertiary/aromatic N) is 3. The molecule has 7 nitrogen and oxygen atoms in total. The molecule has 0 aliphatic carbocycles. The van der Waals surface area contributed by atoms with Crippen molar-refractivity contribution in [3.05, 3.63) is 104 Å². The Hall–Kier alpha value is -3.91. The fraction of sp³-hybridized carbons (Fsp3) is 0.185. The number of aliphatic imine (C=N–C) groups is 1. The van der Waals surface area contributed by atoms with Gasteiger partial charge in [-0.25, -0.2) is 4.99 Å². The van der Waals surface area contributed by atoms with Gasteiger partial charge in [-0.1, -0.05) is 36.4 Å². The van der Waals surface area contributed by atoms with Crippen molar-refractivity contribution in [2.24, 2.45) is 4.99 Å². The molecular weight excluding hydrogens is 462 g/mol. The molecule has 178 valence electrons. The Morgan fingerprint density at radius 1 is 1.03 bits per heavy atom. The van der Waals surface area contributed by atoms with Gasteiger partial charge in [0, 0.05) is 24.2 Å². The second-order valence-corrected chi connectivity index (χ2v) is 9.05. The van der Waals surface area contributed by atoms with Crippen LogP contribution in [0.15, 0.2) is 76.6 Å². The van der Waals surface area contributed by atoms with Crippen molar-refractivity contribution in [1.82, 2.24) is 4.90 Å². The number of para-hydroxylation sites is 2. The quantitative estimate of drug-likeness (QED) is 0.218. The second-order valence-electron chi connectivity index (χ2n) is 8.04. The summed E-state index contributed by atoms with van der Waals surface area (Å²) in [6.45, 7) is 6.73. The van der Waals surface area contributed by atoms with Crippen LogP contribution in [0.4, 0.5) is 11.4 Å². The lowest BCUT2D eigenvalue weighted by Gasteiger charge is -2.13. The minimum atomic E-state index is -0.431. The van der Waals surface area contributed by atoms with Gasteiger partial charge in [0.2, 0.25) is 0 Å². The van der Waals surface area contributed by atoms with E-state index in [9.17, 15) is 14.9 Å². The van der Waals surface area contributed by atoms with Crippen molar-refractivity contribution < 1.29 is 14.5 Å². The molecule has 0 aromatic heterocycles. The van der Waals surface area contributed by atoms with Gasteiger partial charge in [-0.05, 0) is 73.5 Å². The van der Waals surface area contributed by atoms with Crippen molar-refractivity contribution in [3.8, 4) is 5.75 Å². The smallest absolute Gasteiger partial charge is 0.269 e. The van der Waals surface area contributed by atoms with Crippen LogP contribution in [0.1, 0.15) is 29.2 Å². The zero-order valence-electron chi connectivity index (χ0n) is 19.7. The highest BCUT2D eigenvalue weighted by Crippen LogP contribution is 2.36. The van der Waals surface area contributed by atoms with Crippen molar-refractivity contribution in [2.45, 2.75) is 27.4 Å². The number of benzene rings is 3. The highest BCUT2D eigenvalue weighted by atomic mass is 32.2. The number of likely N-dealkylation sites (N-methyl/N-ethyl adjacent to an activating group) is 1. The Bertz CT molecular complexity index is 1310. The lowest BCUT2D eigenvalue weighted by molar-refractivity contribution is -0.384. The number of aryl methyl sites for hydroxylation is 2. The number of carbonyl (C=O) groups excluding carboxylic acids is 1. The van der Waals surface area contributed by atoms with Gasteiger partial charge in [0.25, 0.3) is 11.6 Å². The molecule has 1 aliphatic heterocycles.